The molecular weight excluding hydrogens is 247 g/mol. The van der Waals surface area contributed by atoms with Gasteiger partial charge < -0.3 is 0 Å². The summed E-state index contributed by atoms with van der Waals surface area (Å²) in [6, 6.07) is 4.97. The Balaban J connectivity index is 2.73. The molecule has 1 atom stereocenters. The van der Waals surface area contributed by atoms with Crippen molar-refractivity contribution in [3.63, 3.8) is 0 Å². The average Bonchev–Trinajstić information content (AvgIpc) is 2.51. The highest BCUT2D eigenvalue weighted by Gasteiger charge is 2.35. The third-order valence-corrected chi connectivity index (χ3v) is 6.20. The van der Waals surface area contributed by atoms with Gasteiger partial charge in [-0.15, -0.1) is 0 Å². The Morgan fingerprint density at radius 2 is 1.53 bits per heavy atom. The standard InChI is InChI=1S/C18H29P/c1-16(2,3)12-9-13(17(4,5)6)15-14(10-12)18(7,8)11-19-15/h9-10,19H,11H2,1-8H3. The van der Waals surface area contributed by atoms with Gasteiger partial charge in [-0.2, -0.15) is 0 Å². The zero-order valence-corrected chi connectivity index (χ0v) is 14.9. The van der Waals surface area contributed by atoms with Gasteiger partial charge in [0, 0.05) is 0 Å². The van der Waals surface area contributed by atoms with Gasteiger partial charge in [0.25, 0.3) is 0 Å². The van der Waals surface area contributed by atoms with E-state index in [1.807, 2.05) is 0 Å². The monoisotopic (exact) mass is 276 g/mol. The highest BCUT2D eigenvalue weighted by Crippen LogP contribution is 2.43. The molecule has 1 aliphatic heterocycles. The van der Waals surface area contributed by atoms with Crippen LogP contribution in [0.4, 0.5) is 0 Å². The fourth-order valence-corrected chi connectivity index (χ4v) is 4.84. The molecule has 0 N–H and O–H groups in total. The van der Waals surface area contributed by atoms with Crippen LogP contribution in [0.1, 0.15) is 72.1 Å². The van der Waals surface area contributed by atoms with Crippen LogP contribution >= 0.6 is 8.58 Å². The number of hydrogen-bond acceptors (Lipinski definition) is 0. The summed E-state index contributed by atoms with van der Waals surface area (Å²) in [5, 5.41) is 1.66. The van der Waals surface area contributed by atoms with E-state index in [9.17, 15) is 0 Å². The zero-order valence-electron chi connectivity index (χ0n) is 13.9. The molecule has 19 heavy (non-hydrogen) atoms. The van der Waals surface area contributed by atoms with Crippen LogP contribution in [0.2, 0.25) is 0 Å². The van der Waals surface area contributed by atoms with Crippen molar-refractivity contribution in [3.05, 3.63) is 28.8 Å². The first-order valence-electron chi connectivity index (χ1n) is 7.36. The highest BCUT2D eigenvalue weighted by molar-refractivity contribution is 7.48. The number of rotatable bonds is 0. The number of hydrogen-bond donors (Lipinski definition) is 0. The van der Waals surface area contributed by atoms with Crippen LogP contribution in [0.3, 0.4) is 0 Å². The Bertz CT molecular complexity index is 496. The lowest BCUT2D eigenvalue weighted by molar-refractivity contribution is 0.561. The number of benzene rings is 1. The molecule has 0 radical (unpaired) electrons. The van der Waals surface area contributed by atoms with Crippen LogP contribution < -0.4 is 5.30 Å². The molecule has 1 aliphatic rings. The summed E-state index contributed by atoms with van der Waals surface area (Å²) >= 11 is 0. The third kappa shape index (κ3) is 2.75. The molecule has 0 spiro atoms. The maximum absolute atomic E-state index is 2.49. The second kappa shape index (κ2) is 4.32. The normalized spacial score (nSPS) is 19.8. The van der Waals surface area contributed by atoms with Crippen LogP contribution in [0, 0.1) is 0 Å². The molecule has 1 aromatic rings. The van der Waals surface area contributed by atoms with Gasteiger partial charge in [-0.1, -0.05) is 76.1 Å². The molecule has 0 bridgehead atoms. The summed E-state index contributed by atoms with van der Waals surface area (Å²) in [6.45, 7) is 18.8. The number of fused-ring (bicyclic) bond motifs is 1. The molecule has 1 unspecified atom stereocenters. The van der Waals surface area contributed by atoms with E-state index in [0.29, 0.717) is 5.41 Å². The first-order chi connectivity index (χ1) is 8.43. The van der Waals surface area contributed by atoms with Crippen LogP contribution in [-0.4, -0.2) is 6.16 Å². The predicted octanol–water partition coefficient (Wildman–Crippen LogP) is 4.88. The first kappa shape index (κ1) is 15.0. The topological polar surface area (TPSA) is 0 Å². The molecule has 2 rings (SSSR count). The second-order valence-electron chi connectivity index (χ2n) is 8.68. The van der Waals surface area contributed by atoms with Crippen molar-refractivity contribution in [3.8, 4) is 0 Å². The van der Waals surface area contributed by atoms with E-state index in [1.165, 1.54) is 11.7 Å². The van der Waals surface area contributed by atoms with Crippen molar-refractivity contribution in [2.75, 3.05) is 6.16 Å². The predicted molar refractivity (Wildman–Crippen MR) is 89.7 cm³/mol. The zero-order chi connectivity index (χ0) is 14.6. The lowest BCUT2D eigenvalue weighted by Gasteiger charge is -2.29. The van der Waals surface area contributed by atoms with Gasteiger partial charge in [0.2, 0.25) is 0 Å². The maximum Gasteiger partial charge on any atom is -0.00573 e. The molecule has 0 aliphatic carbocycles. The van der Waals surface area contributed by atoms with Gasteiger partial charge in [0.15, 0.2) is 0 Å². The van der Waals surface area contributed by atoms with Crippen molar-refractivity contribution >= 4 is 13.9 Å². The highest BCUT2D eigenvalue weighted by atomic mass is 31.1. The molecule has 0 saturated carbocycles. The summed E-state index contributed by atoms with van der Waals surface area (Å²) in [5.74, 6) is 0. The van der Waals surface area contributed by atoms with Gasteiger partial charge in [0.1, 0.15) is 0 Å². The van der Waals surface area contributed by atoms with Crippen LogP contribution in [0.5, 0.6) is 0 Å². The minimum absolute atomic E-state index is 0.233. The van der Waals surface area contributed by atoms with E-state index in [0.717, 1.165) is 8.58 Å². The van der Waals surface area contributed by atoms with E-state index in [2.05, 4.69) is 67.5 Å². The summed E-state index contributed by atoms with van der Waals surface area (Å²) < 4.78 is 0. The fourth-order valence-electron chi connectivity index (χ4n) is 2.80. The Morgan fingerprint density at radius 3 is 2.00 bits per heavy atom. The molecule has 0 nitrogen and oxygen atoms in total. The average molecular weight is 276 g/mol. The van der Waals surface area contributed by atoms with Crippen molar-refractivity contribution in [1.29, 1.82) is 0 Å². The summed E-state index contributed by atoms with van der Waals surface area (Å²) in [5.41, 5.74) is 5.53. The van der Waals surface area contributed by atoms with Crippen LogP contribution in [0.15, 0.2) is 12.1 Å². The molecule has 1 heteroatoms. The van der Waals surface area contributed by atoms with Crippen LogP contribution in [0.25, 0.3) is 0 Å². The van der Waals surface area contributed by atoms with E-state index < -0.39 is 0 Å². The minimum atomic E-state index is 0.233. The quantitative estimate of drug-likeness (QED) is 0.593. The van der Waals surface area contributed by atoms with E-state index in [1.54, 1.807) is 16.4 Å². The largest absolute Gasteiger partial charge is 0.0889 e. The Morgan fingerprint density at radius 1 is 0.947 bits per heavy atom. The van der Waals surface area contributed by atoms with Crippen molar-refractivity contribution in [2.24, 2.45) is 0 Å². The second-order valence-corrected chi connectivity index (χ2v) is 9.89. The molecular formula is C18H29P. The molecule has 1 aromatic carbocycles. The molecule has 0 aromatic heterocycles. The van der Waals surface area contributed by atoms with Crippen molar-refractivity contribution in [2.45, 2.75) is 71.6 Å². The maximum atomic E-state index is 2.49. The lowest BCUT2D eigenvalue weighted by Crippen LogP contribution is -2.27. The van der Waals surface area contributed by atoms with Crippen molar-refractivity contribution in [1.82, 2.24) is 0 Å². The molecule has 0 amide bonds. The van der Waals surface area contributed by atoms with Crippen molar-refractivity contribution < 1.29 is 0 Å². The van der Waals surface area contributed by atoms with E-state index >= 15 is 0 Å². The first-order valence-corrected chi connectivity index (χ1v) is 8.57. The Hall–Kier alpha value is -0.350. The van der Waals surface area contributed by atoms with Gasteiger partial charge in [-0.25, -0.2) is 0 Å². The van der Waals surface area contributed by atoms with E-state index in [4.69, 9.17) is 0 Å². The molecule has 0 saturated heterocycles. The summed E-state index contributed by atoms with van der Waals surface area (Å²) in [6.07, 6.45) is 1.32. The third-order valence-electron chi connectivity index (χ3n) is 4.25. The molecule has 1 heterocycles. The van der Waals surface area contributed by atoms with Gasteiger partial charge in [0.05, 0.1) is 0 Å². The molecule has 0 fully saturated rings. The van der Waals surface area contributed by atoms with E-state index in [-0.39, 0.29) is 10.8 Å². The minimum Gasteiger partial charge on any atom is -0.0889 e. The van der Waals surface area contributed by atoms with Gasteiger partial charge in [-0.3, -0.25) is 0 Å². The summed E-state index contributed by atoms with van der Waals surface area (Å²) in [7, 11) is 0.983. The lowest BCUT2D eigenvalue weighted by atomic mass is 9.75. The summed E-state index contributed by atoms with van der Waals surface area (Å²) in [4.78, 5) is 0. The van der Waals surface area contributed by atoms with Crippen LogP contribution in [-0.2, 0) is 16.2 Å². The Labute approximate surface area is 121 Å². The van der Waals surface area contributed by atoms with Gasteiger partial charge >= 0.3 is 0 Å². The SMILES string of the molecule is CC(C)(C)c1cc(C(C)(C)C)c2c(c1)C(C)(C)CP2. The smallest absolute Gasteiger partial charge is 0.00573 e. The molecule has 106 valence electrons. The Kier molecular flexibility index (Phi) is 3.42. The van der Waals surface area contributed by atoms with Gasteiger partial charge in [-0.05, 0) is 44.4 Å². The fraction of sp³-hybridized carbons (Fsp3) is 0.667.